The van der Waals surface area contributed by atoms with Crippen molar-refractivity contribution in [3.8, 4) is 0 Å². The second kappa shape index (κ2) is 7.08. The van der Waals surface area contributed by atoms with Gasteiger partial charge in [0.2, 0.25) is 10.0 Å². The standard InChI is InChI=1S/C17H23N5O3S/c1-13-4-6-16(7-5-13)26(24,25)18-11-14-10-15-12-21(17(23)20(2)3)8-9-22(15)19-14/h4-7,10,18H,8-9,11-12H2,1-3H3. The Morgan fingerprint density at radius 1 is 1.23 bits per heavy atom. The van der Waals surface area contributed by atoms with Crippen molar-refractivity contribution in [3.63, 3.8) is 0 Å². The van der Waals surface area contributed by atoms with Gasteiger partial charge >= 0.3 is 6.03 Å². The highest BCUT2D eigenvalue weighted by Crippen LogP contribution is 2.16. The maximum atomic E-state index is 12.4. The molecule has 0 bridgehead atoms. The molecule has 0 saturated carbocycles. The van der Waals surface area contributed by atoms with Crippen LogP contribution >= 0.6 is 0 Å². The van der Waals surface area contributed by atoms with Gasteiger partial charge in [0.25, 0.3) is 0 Å². The zero-order valence-corrected chi connectivity index (χ0v) is 16.0. The molecule has 1 N–H and O–H groups in total. The highest BCUT2D eigenvalue weighted by Gasteiger charge is 2.23. The van der Waals surface area contributed by atoms with Crippen LogP contribution < -0.4 is 4.72 Å². The Morgan fingerprint density at radius 2 is 1.92 bits per heavy atom. The number of sulfonamides is 1. The van der Waals surface area contributed by atoms with Crippen molar-refractivity contribution in [2.24, 2.45) is 0 Å². The van der Waals surface area contributed by atoms with Gasteiger partial charge in [-0.2, -0.15) is 5.10 Å². The van der Waals surface area contributed by atoms with E-state index in [1.807, 2.05) is 17.7 Å². The lowest BCUT2D eigenvalue weighted by atomic mass is 10.2. The number of nitrogens with one attached hydrogen (secondary N) is 1. The van der Waals surface area contributed by atoms with Crippen molar-refractivity contribution in [1.82, 2.24) is 24.3 Å². The Hall–Kier alpha value is -2.39. The number of hydrogen-bond acceptors (Lipinski definition) is 4. The van der Waals surface area contributed by atoms with Crippen LogP contribution in [-0.2, 0) is 29.7 Å². The summed E-state index contributed by atoms with van der Waals surface area (Å²) in [6, 6.07) is 8.49. The highest BCUT2D eigenvalue weighted by molar-refractivity contribution is 7.89. The van der Waals surface area contributed by atoms with Crippen molar-refractivity contribution in [3.05, 3.63) is 47.3 Å². The average Bonchev–Trinajstić information content (AvgIpc) is 3.02. The number of carbonyl (C=O) groups excluding carboxylic acids is 1. The third-order valence-corrected chi connectivity index (χ3v) is 5.69. The maximum Gasteiger partial charge on any atom is 0.319 e. The topological polar surface area (TPSA) is 87.5 Å². The molecule has 0 unspecified atom stereocenters. The lowest BCUT2D eigenvalue weighted by Crippen LogP contribution is -2.43. The Balaban J connectivity index is 1.67. The predicted octanol–water partition coefficient (Wildman–Crippen LogP) is 1.17. The molecule has 2 aromatic rings. The maximum absolute atomic E-state index is 12.4. The van der Waals surface area contributed by atoms with Crippen LogP contribution in [-0.4, -0.2) is 54.7 Å². The van der Waals surface area contributed by atoms with Gasteiger partial charge in [-0.1, -0.05) is 17.7 Å². The van der Waals surface area contributed by atoms with Crippen LogP contribution in [0.4, 0.5) is 4.79 Å². The fourth-order valence-electron chi connectivity index (χ4n) is 2.83. The SMILES string of the molecule is Cc1ccc(S(=O)(=O)NCc2cc3n(n2)CCN(C(=O)N(C)C)C3)cc1. The van der Waals surface area contributed by atoms with Gasteiger partial charge in [-0.15, -0.1) is 0 Å². The van der Waals surface area contributed by atoms with E-state index in [1.54, 1.807) is 48.2 Å². The molecular weight excluding hydrogens is 354 g/mol. The van der Waals surface area contributed by atoms with Crippen LogP contribution in [0.15, 0.2) is 35.2 Å². The summed E-state index contributed by atoms with van der Waals surface area (Å²) in [7, 11) is -0.139. The lowest BCUT2D eigenvalue weighted by Gasteiger charge is -2.29. The zero-order valence-electron chi connectivity index (χ0n) is 15.1. The van der Waals surface area contributed by atoms with Gasteiger partial charge in [0.1, 0.15) is 0 Å². The van der Waals surface area contributed by atoms with E-state index in [2.05, 4.69) is 9.82 Å². The molecule has 0 atom stereocenters. The van der Waals surface area contributed by atoms with Crippen molar-refractivity contribution in [1.29, 1.82) is 0 Å². The van der Waals surface area contributed by atoms with E-state index in [9.17, 15) is 13.2 Å². The van der Waals surface area contributed by atoms with Crippen molar-refractivity contribution in [2.75, 3.05) is 20.6 Å². The molecule has 2 heterocycles. The molecule has 0 saturated heterocycles. The van der Waals surface area contributed by atoms with E-state index < -0.39 is 10.0 Å². The predicted molar refractivity (Wildman–Crippen MR) is 96.9 cm³/mol. The molecule has 140 valence electrons. The Labute approximate surface area is 153 Å². The number of nitrogens with zero attached hydrogens (tertiary/aromatic N) is 4. The van der Waals surface area contributed by atoms with Crippen LogP contribution in [0.1, 0.15) is 17.0 Å². The largest absolute Gasteiger partial charge is 0.331 e. The van der Waals surface area contributed by atoms with Crippen molar-refractivity contribution < 1.29 is 13.2 Å². The van der Waals surface area contributed by atoms with Crippen molar-refractivity contribution >= 4 is 16.1 Å². The van der Waals surface area contributed by atoms with Crippen LogP contribution in [0.25, 0.3) is 0 Å². The summed E-state index contributed by atoms with van der Waals surface area (Å²) in [6.07, 6.45) is 0. The molecule has 1 aromatic carbocycles. The van der Waals surface area contributed by atoms with Gasteiger partial charge in [-0.05, 0) is 25.1 Å². The smallest absolute Gasteiger partial charge is 0.319 e. The summed E-state index contributed by atoms with van der Waals surface area (Å²) in [4.78, 5) is 15.6. The third-order valence-electron chi connectivity index (χ3n) is 4.28. The number of amides is 2. The van der Waals surface area contributed by atoms with Crippen LogP contribution in [0.2, 0.25) is 0 Å². The van der Waals surface area contributed by atoms with E-state index in [1.165, 1.54) is 0 Å². The quantitative estimate of drug-likeness (QED) is 0.866. The normalized spacial score (nSPS) is 14.2. The number of hydrogen-bond donors (Lipinski definition) is 1. The Kier molecular flexibility index (Phi) is 5.01. The number of urea groups is 1. The van der Waals surface area contributed by atoms with E-state index >= 15 is 0 Å². The molecule has 1 aromatic heterocycles. The first-order valence-electron chi connectivity index (χ1n) is 8.34. The molecule has 8 nitrogen and oxygen atoms in total. The molecular formula is C17H23N5O3S. The monoisotopic (exact) mass is 377 g/mol. The molecule has 1 aliphatic rings. The second-order valence-corrected chi connectivity index (χ2v) is 8.35. The first kappa shape index (κ1) is 18.4. The van der Waals surface area contributed by atoms with Gasteiger partial charge in [-0.3, -0.25) is 4.68 Å². The summed E-state index contributed by atoms with van der Waals surface area (Å²) in [5.74, 6) is 0. The molecule has 9 heteroatoms. The summed E-state index contributed by atoms with van der Waals surface area (Å²) in [5, 5.41) is 4.44. The molecule has 0 aliphatic carbocycles. The van der Waals surface area contributed by atoms with E-state index in [4.69, 9.17) is 0 Å². The lowest BCUT2D eigenvalue weighted by molar-refractivity contribution is 0.155. The molecule has 26 heavy (non-hydrogen) atoms. The number of carbonyl (C=O) groups is 1. The number of fused-ring (bicyclic) bond motifs is 1. The first-order valence-corrected chi connectivity index (χ1v) is 9.83. The molecule has 0 radical (unpaired) electrons. The van der Waals surface area contributed by atoms with E-state index in [0.29, 0.717) is 25.3 Å². The molecule has 3 rings (SSSR count). The summed E-state index contributed by atoms with van der Waals surface area (Å²) >= 11 is 0. The van der Waals surface area contributed by atoms with Crippen LogP contribution in [0.5, 0.6) is 0 Å². The van der Waals surface area contributed by atoms with Gasteiger partial charge in [0, 0.05) is 20.6 Å². The first-order chi connectivity index (χ1) is 12.3. The summed E-state index contributed by atoms with van der Waals surface area (Å²) in [5.41, 5.74) is 2.54. The Bertz CT molecular complexity index is 903. The number of aromatic nitrogens is 2. The average molecular weight is 377 g/mol. The number of rotatable bonds is 4. The minimum Gasteiger partial charge on any atom is -0.331 e. The number of aryl methyl sites for hydroxylation is 1. The van der Waals surface area contributed by atoms with Crippen molar-refractivity contribution in [2.45, 2.75) is 31.5 Å². The van der Waals surface area contributed by atoms with Gasteiger partial charge in [-0.25, -0.2) is 17.9 Å². The molecule has 1 aliphatic heterocycles. The molecule has 0 spiro atoms. The highest BCUT2D eigenvalue weighted by atomic mass is 32.2. The van der Waals surface area contributed by atoms with Gasteiger partial charge < -0.3 is 9.80 Å². The number of benzene rings is 1. The summed E-state index contributed by atoms with van der Waals surface area (Å²) < 4.78 is 29.2. The van der Waals surface area contributed by atoms with E-state index in [0.717, 1.165) is 11.3 Å². The van der Waals surface area contributed by atoms with E-state index in [-0.39, 0.29) is 17.5 Å². The Morgan fingerprint density at radius 3 is 2.58 bits per heavy atom. The minimum absolute atomic E-state index is 0.0425. The van der Waals surface area contributed by atoms with Crippen LogP contribution in [0, 0.1) is 6.92 Å². The van der Waals surface area contributed by atoms with Crippen LogP contribution in [0.3, 0.4) is 0 Å². The zero-order chi connectivity index (χ0) is 18.9. The fourth-order valence-corrected chi connectivity index (χ4v) is 3.83. The second-order valence-electron chi connectivity index (χ2n) is 6.59. The fraction of sp³-hybridized carbons (Fsp3) is 0.412. The van der Waals surface area contributed by atoms with Gasteiger partial charge in [0.15, 0.2) is 0 Å². The third kappa shape index (κ3) is 3.88. The van der Waals surface area contributed by atoms with Gasteiger partial charge in [0.05, 0.1) is 35.9 Å². The summed E-state index contributed by atoms with van der Waals surface area (Å²) in [6.45, 7) is 3.66. The minimum atomic E-state index is -3.58. The molecule has 2 amide bonds. The molecule has 0 fully saturated rings.